The van der Waals surface area contributed by atoms with Gasteiger partial charge < -0.3 is 20.0 Å². The molecule has 0 spiro atoms. The van der Waals surface area contributed by atoms with E-state index in [-0.39, 0.29) is 11.8 Å². The van der Waals surface area contributed by atoms with Crippen molar-refractivity contribution >= 4 is 23.8 Å². The third-order valence-electron chi connectivity index (χ3n) is 9.58. The molecule has 0 fully saturated rings. The predicted molar refractivity (Wildman–Crippen MR) is 216 cm³/mol. The highest BCUT2D eigenvalue weighted by Crippen LogP contribution is 2.34. The number of halogens is 1. The summed E-state index contributed by atoms with van der Waals surface area (Å²) in [4.78, 5) is 4.26. The van der Waals surface area contributed by atoms with Crippen LogP contribution in [0.3, 0.4) is 0 Å². The monoisotopic (exact) mass is 694 g/mol. The summed E-state index contributed by atoms with van der Waals surface area (Å²) in [5.41, 5.74) is 5.89. The van der Waals surface area contributed by atoms with Crippen LogP contribution in [0.1, 0.15) is 55.5 Å². The van der Waals surface area contributed by atoms with Crippen LogP contribution in [-0.2, 0) is 12.8 Å². The van der Waals surface area contributed by atoms with Crippen molar-refractivity contribution in [3.8, 4) is 0 Å². The molecule has 0 aromatic heterocycles. The molecule has 0 bridgehead atoms. The first kappa shape index (κ1) is 40.9. The summed E-state index contributed by atoms with van der Waals surface area (Å²) in [5.74, 6) is 0.195. The van der Waals surface area contributed by atoms with Crippen LogP contribution in [-0.4, -0.2) is 72.5 Å². The fourth-order valence-electron chi connectivity index (χ4n) is 6.70. The van der Waals surface area contributed by atoms with Crippen molar-refractivity contribution in [2.45, 2.75) is 58.7 Å². The Labute approximate surface area is 307 Å². The molecule has 268 valence electrons. The van der Waals surface area contributed by atoms with Crippen molar-refractivity contribution < 1.29 is 10.2 Å². The summed E-state index contributed by atoms with van der Waals surface area (Å²) in [6.45, 7) is 12.1. The van der Waals surface area contributed by atoms with Crippen molar-refractivity contribution in [3.63, 3.8) is 0 Å². The van der Waals surface area contributed by atoms with Gasteiger partial charge in [-0.1, -0.05) is 140 Å². The standard InChI is InChI=1S/C23H31NO.C22H28ClNO/c1-18-10-9-13-22(14-18)16-23(25,20(3)17-24(4)5)19(2)15-21-11-7-6-8-12-21;1-17(14-19-8-6-5-7-9-19)22(25,18(2)16-24(3)4)15-20-10-12-21(23)13-11-20/h6-15,20,25H,16-17H2,1-5H3;5-14,18,25H,15-16H2,1-4H3. The quantitative estimate of drug-likeness (QED) is 0.138. The molecule has 0 heterocycles. The highest BCUT2D eigenvalue weighted by Gasteiger charge is 2.37. The van der Waals surface area contributed by atoms with E-state index in [1.54, 1.807) is 0 Å². The highest BCUT2D eigenvalue weighted by molar-refractivity contribution is 6.30. The number of benzene rings is 4. The Bertz CT molecular complexity index is 1650. The normalized spacial score (nSPS) is 15.9. The van der Waals surface area contributed by atoms with Crippen LogP contribution in [0.5, 0.6) is 0 Å². The van der Waals surface area contributed by atoms with Crippen molar-refractivity contribution in [2.75, 3.05) is 41.3 Å². The first-order valence-electron chi connectivity index (χ1n) is 17.6. The Hall–Kier alpha value is -3.51. The third-order valence-corrected chi connectivity index (χ3v) is 9.83. The Balaban J connectivity index is 0.000000270. The van der Waals surface area contributed by atoms with Gasteiger partial charge in [-0.3, -0.25) is 0 Å². The Morgan fingerprint density at radius 2 is 1.04 bits per heavy atom. The molecule has 0 amide bonds. The molecule has 4 aromatic rings. The van der Waals surface area contributed by atoms with Gasteiger partial charge in [0.2, 0.25) is 0 Å². The second-order valence-electron chi connectivity index (χ2n) is 14.6. The van der Waals surface area contributed by atoms with E-state index in [2.05, 4.69) is 112 Å². The molecule has 4 aromatic carbocycles. The second kappa shape index (κ2) is 19.2. The van der Waals surface area contributed by atoms with Gasteiger partial charge in [-0.25, -0.2) is 0 Å². The van der Waals surface area contributed by atoms with E-state index in [4.69, 9.17) is 11.6 Å². The van der Waals surface area contributed by atoms with E-state index in [1.807, 2.05) is 81.7 Å². The first-order valence-corrected chi connectivity index (χ1v) is 18.0. The lowest BCUT2D eigenvalue weighted by Crippen LogP contribution is -2.44. The molecule has 0 saturated carbocycles. The molecule has 4 nitrogen and oxygen atoms in total. The predicted octanol–water partition coefficient (Wildman–Crippen LogP) is 9.48. The van der Waals surface area contributed by atoms with Gasteiger partial charge in [0.15, 0.2) is 0 Å². The van der Waals surface area contributed by atoms with Gasteiger partial charge in [0.05, 0.1) is 11.2 Å². The van der Waals surface area contributed by atoms with Gasteiger partial charge in [-0.2, -0.15) is 0 Å². The van der Waals surface area contributed by atoms with Gasteiger partial charge in [0.25, 0.3) is 0 Å². The molecule has 5 heteroatoms. The van der Waals surface area contributed by atoms with Crippen molar-refractivity contribution in [1.29, 1.82) is 0 Å². The van der Waals surface area contributed by atoms with Crippen LogP contribution >= 0.6 is 11.6 Å². The maximum absolute atomic E-state index is 11.7. The molecule has 2 N–H and O–H groups in total. The number of hydrogen-bond acceptors (Lipinski definition) is 4. The number of aliphatic hydroxyl groups is 2. The highest BCUT2D eigenvalue weighted by atomic mass is 35.5. The summed E-state index contributed by atoms with van der Waals surface area (Å²) >= 11 is 6.00. The molecule has 4 unspecified atom stereocenters. The Kier molecular flexibility index (Phi) is 15.7. The lowest BCUT2D eigenvalue weighted by molar-refractivity contribution is 0.0147. The average Bonchev–Trinajstić information content (AvgIpc) is 3.06. The van der Waals surface area contributed by atoms with Gasteiger partial charge in [0.1, 0.15) is 0 Å². The van der Waals surface area contributed by atoms with Crippen molar-refractivity contribution in [1.82, 2.24) is 9.80 Å². The number of aryl methyl sites for hydroxylation is 1. The molecule has 4 atom stereocenters. The molecule has 0 aliphatic carbocycles. The largest absolute Gasteiger partial charge is 0.385 e. The average molecular weight is 695 g/mol. The fourth-order valence-corrected chi connectivity index (χ4v) is 6.82. The van der Waals surface area contributed by atoms with Crippen molar-refractivity contribution in [3.05, 3.63) is 153 Å². The SMILES string of the molecule is CC(=Cc1ccccc1)C(O)(Cc1ccc(Cl)cc1)C(C)CN(C)C.CC(=Cc1ccccc1)C(O)(Cc1cccc(C)c1)C(C)CN(C)C. The minimum absolute atomic E-state index is 0.0816. The zero-order valence-corrected chi connectivity index (χ0v) is 32.5. The summed E-state index contributed by atoms with van der Waals surface area (Å²) in [5, 5.41) is 24.1. The number of rotatable bonds is 14. The molecule has 0 saturated heterocycles. The Morgan fingerprint density at radius 3 is 1.44 bits per heavy atom. The van der Waals surface area contributed by atoms with E-state index >= 15 is 0 Å². The molecular formula is C45H59ClN2O2. The van der Waals surface area contributed by atoms with Crippen LogP contribution in [0, 0.1) is 18.8 Å². The van der Waals surface area contributed by atoms with E-state index in [0.717, 1.165) is 40.9 Å². The van der Waals surface area contributed by atoms with E-state index in [1.165, 1.54) is 11.1 Å². The zero-order valence-electron chi connectivity index (χ0n) is 31.7. The van der Waals surface area contributed by atoms with Crippen LogP contribution < -0.4 is 0 Å². The van der Waals surface area contributed by atoms with E-state index in [9.17, 15) is 10.2 Å². The van der Waals surface area contributed by atoms with Gasteiger partial charge in [-0.15, -0.1) is 0 Å². The smallest absolute Gasteiger partial charge is 0.0935 e. The van der Waals surface area contributed by atoms with Gasteiger partial charge in [0, 0.05) is 42.8 Å². The molecule has 0 radical (unpaired) electrons. The maximum Gasteiger partial charge on any atom is 0.0935 e. The summed E-state index contributed by atoms with van der Waals surface area (Å²) in [7, 11) is 8.19. The minimum Gasteiger partial charge on any atom is -0.385 e. The minimum atomic E-state index is -0.923. The fraction of sp³-hybridized carbons (Fsp3) is 0.378. The summed E-state index contributed by atoms with van der Waals surface area (Å²) in [6.07, 6.45) is 5.39. The third kappa shape index (κ3) is 12.4. The lowest BCUT2D eigenvalue weighted by atomic mass is 9.77. The van der Waals surface area contributed by atoms with E-state index < -0.39 is 11.2 Å². The van der Waals surface area contributed by atoms with Crippen molar-refractivity contribution in [2.24, 2.45) is 11.8 Å². The number of nitrogens with zero attached hydrogens (tertiary/aromatic N) is 2. The lowest BCUT2D eigenvalue weighted by Gasteiger charge is -2.37. The molecule has 50 heavy (non-hydrogen) atoms. The molecule has 0 aliphatic heterocycles. The Morgan fingerprint density at radius 1 is 0.620 bits per heavy atom. The van der Waals surface area contributed by atoms with Crippen LogP contribution in [0.2, 0.25) is 5.02 Å². The molecular weight excluding hydrogens is 636 g/mol. The van der Waals surface area contributed by atoms with Gasteiger partial charge >= 0.3 is 0 Å². The van der Waals surface area contributed by atoms with Crippen LogP contribution in [0.4, 0.5) is 0 Å². The maximum atomic E-state index is 11.7. The number of hydrogen-bond donors (Lipinski definition) is 2. The van der Waals surface area contributed by atoms with Gasteiger partial charge in [-0.05, 0) is 94.5 Å². The molecule has 4 rings (SSSR count). The second-order valence-corrected chi connectivity index (χ2v) is 15.1. The van der Waals surface area contributed by atoms with E-state index in [0.29, 0.717) is 17.9 Å². The molecule has 0 aliphatic rings. The zero-order chi connectivity index (χ0) is 36.9. The first-order chi connectivity index (χ1) is 23.6. The van der Waals surface area contributed by atoms with Crippen LogP contribution in [0.15, 0.2) is 120 Å². The topological polar surface area (TPSA) is 46.9 Å². The van der Waals surface area contributed by atoms with Crippen LogP contribution in [0.25, 0.3) is 12.2 Å². The summed E-state index contributed by atoms with van der Waals surface area (Å²) < 4.78 is 0. The summed E-state index contributed by atoms with van der Waals surface area (Å²) in [6, 6.07) is 36.6.